The van der Waals surface area contributed by atoms with Crippen LogP contribution in [-0.4, -0.2) is 63.4 Å². The molecule has 1 unspecified atom stereocenters. The van der Waals surface area contributed by atoms with Gasteiger partial charge in [0, 0.05) is 0 Å². The lowest BCUT2D eigenvalue weighted by molar-refractivity contribution is -0.159. The third-order valence-electron chi connectivity index (χ3n) is 2.45. The Morgan fingerprint density at radius 1 is 1.05 bits per heavy atom. The van der Waals surface area contributed by atoms with Gasteiger partial charge in [0.05, 0.1) is 39.6 Å². The molecule has 21 heavy (non-hydrogen) atoms. The zero-order valence-electron chi connectivity index (χ0n) is 13.1. The Bertz CT molecular complexity index is 315. The van der Waals surface area contributed by atoms with E-state index in [2.05, 4.69) is 5.92 Å². The second-order valence-corrected chi connectivity index (χ2v) is 5.44. The summed E-state index contributed by atoms with van der Waals surface area (Å²) in [5.41, 5.74) is -0.451. The smallest absolute Gasteiger partial charge is 0.333 e. The number of carboxylic acid groups (broad SMARTS) is 1. The van der Waals surface area contributed by atoms with E-state index in [1.165, 1.54) is 0 Å². The number of carboxylic acids is 1. The zero-order valence-corrected chi connectivity index (χ0v) is 13.1. The highest BCUT2D eigenvalue weighted by atomic mass is 16.6. The van der Waals surface area contributed by atoms with Crippen LogP contribution >= 0.6 is 0 Å². The fourth-order valence-corrected chi connectivity index (χ4v) is 1.49. The predicted octanol–water partition coefficient (Wildman–Crippen LogP) is 1.19. The Balaban J connectivity index is 3.47. The first kappa shape index (κ1) is 19.9. The van der Waals surface area contributed by atoms with Gasteiger partial charge < -0.3 is 24.1 Å². The molecule has 0 aromatic heterocycles. The summed E-state index contributed by atoms with van der Waals surface area (Å²) in [6.45, 7) is 8.11. The van der Waals surface area contributed by atoms with Gasteiger partial charge in [0.1, 0.15) is 6.61 Å². The van der Waals surface area contributed by atoms with E-state index in [0.29, 0.717) is 33.0 Å². The summed E-state index contributed by atoms with van der Waals surface area (Å²) in [4.78, 5) is 11.0. The van der Waals surface area contributed by atoms with E-state index in [1.54, 1.807) is 0 Å². The second-order valence-electron chi connectivity index (χ2n) is 5.44. The number of carbonyl (C=O) groups is 1. The van der Waals surface area contributed by atoms with Crippen molar-refractivity contribution in [2.24, 2.45) is 5.41 Å². The summed E-state index contributed by atoms with van der Waals surface area (Å²) in [7, 11) is 0. The first-order valence-corrected chi connectivity index (χ1v) is 6.90. The van der Waals surface area contributed by atoms with Gasteiger partial charge in [-0.05, 0) is 5.41 Å². The number of terminal acetylenes is 1. The van der Waals surface area contributed by atoms with Crippen LogP contribution in [-0.2, 0) is 23.7 Å². The summed E-state index contributed by atoms with van der Waals surface area (Å²) < 4.78 is 20.9. The molecule has 6 nitrogen and oxygen atoms in total. The Labute approximate surface area is 126 Å². The lowest BCUT2D eigenvalue weighted by atomic mass is 9.89. The van der Waals surface area contributed by atoms with Crippen LogP contribution in [0.2, 0.25) is 0 Å². The van der Waals surface area contributed by atoms with Crippen molar-refractivity contribution in [2.45, 2.75) is 26.9 Å². The van der Waals surface area contributed by atoms with Crippen LogP contribution in [0.1, 0.15) is 20.8 Å². The molecule has 122 valence electrons. The standard InChI is InChI=1S/C15H26O6/c1-5-6-18-7-8-19-9-10-20-11-12-21-13(14(16)17)15(2,3)4/h1,13H,6-12H2,2-4H3,(H,16,17). The molecule has 0 rings (SSSR count). The predicted molar refractivity (Wildman–Crippen MR) is 78.1 cm³/mol. The van der Waals surface area contributed by atoms with Gasteiger partial charge in [0.2, 0.25) is 0 Å². The van der Waals surface area contributed by atoms with Crippen molar-refractivity contribution in [1.82, 2.24) is 0 Å². The van der Waals surface area contributed by atoms with Crippen molar-refractivity contribution in [3.05, 3.63) is 0 Å². The lowest BCUT2D eigenvalue weighted by Crippen LogP contribution is -2.37. The van der Waals surface area contributed by atoms with Crippen LogP contribution in [0.25, 0.3) is 0 Å². The maximum absolute atomic E-state index is 11.0. The Hall–Kier alpha value is -1.13. The van der Waals surface area contributed by atoms with E-state index in [9.17, 15) is 4.79 Å². The quantitative estimate of drug-likeness (QED) is 0.431. The van der Waals surface area contributed by atoms with E-state index in [1.807, 2.05) is 20.8 Å². The summed E-state index contributed by atoms with van der Waals surface area (Å²) in [5.74, 6) is 1.40. The Morgan fingerprint density at radius 2 is 1.52 bits per heavy atom. The largest absolute Gasteiger partial charge is 0.479 e. The minimum absolute atomic E-state index is 0.236. The van der Waals surface area contributed by atoms with E-state index >= 15 is 0 Å². The highest BCUT2D eigenvalue weighted by Gasteiger charge is 2.31. The molecule has 0 aliphatic carbocycles. The molecule has 0 radical (unpaired) electrons. The number of ether oxygens (including phenoxy) is 4. The van der Waals surface area contributed by atoms with E-state index in [4.69, 9.17) is 30.5 Å². The van der Waals surface area contributed by atoms with Crippen molar-refractivity contribution in [3.8, 4) is 12.3 Å². The van der Waals surface area contributed by atoms with Crippen molar-refractivity contribution in [2.75, 3.05) is 46.2 Å². The molecule has 0 bridgehead atoms. The highest BCUT2D eigenvalue weighted by molar-refractivity contribution is 5.73. The zero-order chi connectivity index (χ0) is 16.1. The van der Waals surface area contributed by atoms with E-state index < -0.39 is 17.5 Å². The summed E-state index contributed by atoms with van der Waals surface area (Å²) in [6.07, 6.45) is 4.18. The van der Waals surface area contributed by atoms with Gasteiger partial charge in [0.25, 0.3) is 0 Å². The number of hydrogen-bond donors (Lipinski definition) is 1. The molecule has 0 heterocycles. The molecule has 0 fully saturated rings. The first-order valence-electron chi connectivity index (χ1n) is 6.90. The molecule has 0 aromatic rings. The van der Waals surface area contributed by atoms with Gasteiger partial charge >= 0.3 is 5.97 Å². The molecule has 1 N–H and O–H groups in total. The van der Waals surface area contributed by atoms with Gasteiger partial charge in [-0.2, -0.15) is 0 Å². The van der Waals surface area contributed by atoms with Gasteiger partial charge in [-0.1, -0.05) is 26.7 Å². The molecule has 0 spiro atoms. The number of hydrogen-bond acceptors (Lipinski definition) is 5. The fraction of sp³-hybridized carbons (Fsp3) is 0.800. The Morgan fingerprint density at radius 3 is 1.95 bits per heavy atom. The van der Waals surface area contributed by atoms with Gasteiger partial charge in [0.15, 0.2) is 6.10 Å². The van der Waals surface area contributed by atoms with Crippen LogP contribution in [0.3, 0.4) is 0 Å². The normalized spacial score (nSPS) is 12.9. The maximum atomic E-state index is 11.0. The van der Waals surface area contributed by atoms with Gasteiger partial charge in [-0.3, -0.25) is 0 Å². The van der Waals surface area contributed by atoms with Gasteiger partial charge in [-0.15, -0.1) is 6.42 Å². The first-order chi connectivity index (χ1) is 9.89. The van der Waals surface area contributed by atoms with Crippen LogP contribution in [0.15, 0.2) is 0 Å². The third-order valence-corrected chi connectivity index (χ3v) is 2.45. The minimum atomic E-state index is -0.960. The molecular formula is C15H26O6. The monoisotopic (exact) mass is 302 g/mol. The topological polar surface area (TPSA) is 74.2 Å². The average molecular weight is 302 g/mol. The SMILES string of the molecule is C#CCOCCOCCOCCOC(C(=O)O)C(C)(C)C. The minimum Gasteiger partial charge on any atom is -0.479 e. The van der Waals surface area contributed by atoms with E-state index in [-0.39, 0.29) is 13.2 Å². The molecule has 6 heteroatoms. The molecule has 0 aliphatic heterocycles. The van der Waals surface area contributed by atoms with Crippen molar-refractivity contribution >= 4 is 5.97 Å². The molecule has 0 amide bonds. The van der Waals surface area contributed by atoms with Crippen molar-refractivity contribution in [3.63, 3.8) is 0 Å². The number of rotatable bonds is 12. The molecular weight excluding hydrogens is 276 g/mol. The molecule has 0 saturated carbocycles. The number of aliphatic carboxylic acids is 1. The van der Waals surface area contributed by atoms with Gasteiger partial charge in [-0.25, -0.2) is 4.79 Å². The molecule has 0 aliphatic rings. The fourth-order valence-electron chi connectivity index (χ4n) is 1.49. The lowest BCUT2D eigenvalue weighted by Gasteiger charge is -2.26. The Kier molecular flexibility index (Phi) is 10.9. The average Bonchev–Trinajstić information content (AvgIpc) is 2.38. The molecule has 1 atom stereocenters. The maximum Gasteiger partial charge on any atom is 0.333 e. The molecule has 0 saturated heterocycles. The van der Waals surface area contributed by atoms with Crippen LogP contribution < -0.4 is 0 Å². The van der Waals surface area contributed by atoms with Crippen LogP contribution in [0.5, 0.6) is 0 Å². The summed E-state index contributed by atoms with van der Waals surface area (Å²) in [5, 5.41) is 9.06. The third kappa shape index (κ3) is 11.2. The highest BCUT2D eigenvalue weighted by Crippen LogP contribution is 2.22. The van der Waals surface area contributed by atoms with Crippen LogP contribution in [0, 0.1) is 17.8 Å². The van der Waals surface area contributed by atoms with Crippen molar-refractivity contribution in [1.29, 1.82) is 0 Å². The van der Waals surface area contributed by atoms with Crippen LogP contribution in [0.4, 0.5) is 0 Å². The summed E-state index contributed by atoms with van der Waals surface area (Å²) >= 11 is 0. The van der Waals surface area contributed by atoms with Crippen molar-refractivity contribution < 1.29 is 28.8 Å². The summed E-state index contributed by atoms with van der Waals surface area (Å²) in [6, 6.07) is 0. The van der Waals surface area contributed by atoms with E-state index in [0.717, 1.165) is 0 Å². The molecule has 0 aromatic carbocycles. The second kappa shape index (κ2) is 11.5.